The summed E-state index contributed by atoms with van der Waals surface area (Å²) in [4.78, 5) is 17.8. The number of hydrogen-bond acceptors (Lipinski definition) is 4. The number of carbonyl (C=O) groups is 1. The van der Waals surface area contributed by atoms with Crippen molar-refractivity contribution in [2.24, 2.45) is 46.2 Å². The SMILES string of the molecule is CC(CCC(=O)N(C)OCCN)[C@H]1CC[C@H]2[C@@H]3CC=C4C[C@@H](O)CC[C@]4(C)[C@H]3CC[C@]12C.Cl. The van der Waals surface area contributed by atoms with Crippen LogP contribution in [0.1, 0.15) is 85.0 Å². The van der Waals surface area contributed by atoms with Crippen molar-refractivity contribution >= 4 is 18.3 Å². The predicted molar refractivity (Wildman–Crippen MR) is 135 cm³/mol. The quantitative estimate of drug-likeness (QED) is 0.390. The van der Waals surface area contributed by atoms with Crippen LogP contribution < -0.4 is 5.73 Å². The summed E-state index contributed by atoms with van der Waals surface area (Å²) in [5.41, 5.74) is 7.75. The molecule has 4 aliphatic rings. The highest BCUT2D eigenvalue weighted by Gasteiger charge is 2.59. The van der Waals surface area contributed by atoms with Crippen molar-refractivity contribution in [3.05, 3.63) is 11.6 Å². The number of amides is 1. The summed E-state index contributed by atoms with van der Waals surface area (Å²) in [7, 11) is 1.70. The number of carbonyl (C=O) groups excluding carboxylic acids is 1. The zero-order chi connectivity index (χ0) is 23.1. The van der Waals surface area contributed by atoms with Gasteiger partial charge in [0.1, 0.15) is 0 Å². The molecule has 0 aromatic heterocycles. The van der Waals surface area contributed by atoms with Crippen molar-refractivity contribution in [2.75, 3.05) is 20.2 Å². The van der Waals surface area contributed by atoms with Crippen LogP contribution in [0.5, 0.6) is 0 Å². The maximum atomic E-state index is 12.4. The van der Waals surface area contributed by atoms with Crippen LogP contribution in [-0.2, 0) is 9.63 Å². The summed E-state index contributed by atoms with van der Waals surface area (Å²) in [5, 5.41) is 11.6. The van der Waals surface area contributed by atoms with Crippen LogP contribution in [0.25, 0.3) is 0 Å². The molecule has 1 unspecified atom stereocenters. The molecule has 8 atom stereocenters. The Balaban J connectivity index is 0.00000306. The van der Waals surface area contributed by atoms with Gasteiger partial charge in [0.25, 0.3) is 0 Å². The number of aliphatic hydroxyl groups excluding tert-OH is 1. The van der Waals surface area contributed by atoms with Gasteiger partial charge in [0, 0.05) is 20.0 Å². The Morgan fingerprint density at radius 2 is 2.00 bits per heavy atom. The van der Waals surface area contributed by atoms with Crippen molar-refractivity contribution in [3.8, 4) is 0 Å². The lowest BCUT2D eigenvalue weighted by atomic mass is 9.47. The predicted octanol–water partition coefficient (Wildman–Crippen LogP) is 5.11. The molecular formula is C27H47ClN2O3. The first-order valence-electron chi connectivity index (χ1n) is 13.2. The second-order valence-corrected chi connectivity index (χ2v) is 11.9. The van der Waals surface area contributed by atoms with E-state index in [0.717, 1.165) is 43.4 Å². The first-order chi connectivity index (χ1) is 15.2. The number of nitrogens with zero attached hydrogens (tertiary/aromatic N) is 1. The summed E-state index contributed by atoms with van der Waals surface area (Å²) < 4.78 is 0. The molecule has 3 N–H and O–H groups in total. The monoisotopic (exact) mass is 482 g/mol. The van der Waals surface area contributed by atoms with E-state index in [4.69, 9.17) is 10.6 Å². The largest absolute Gasteiger partial charge is 0.393 e. The number of hydroxylamine groups is 2. The van der Waals surface area contributed by atoms with E-state index < -0.39 is 0 Å². The first-order valence-corrected chi connectivity index (χ1v) is 13.2. The van der Waals surface area contributed by atoms with E-state index in [1.54, 1.807) is 12.6 Å². The summed E-state index contributed by atoms with van der Waals surface area (Å²) in [6.07, 6.45) is 13.5. The Morgan fingerprint density at radius 1 is 1.24 bits per heavy atom. The maximum Gasteiger partial charge on any atom is 0.245 e. The number of nitrogens with two attached hydrogens (primary N) is 1. The molecule has 0 aromatic carbocycles. The first kappa shape index (κ1) is 27.0. The van der Waals surface area contributed by atoms with Gasteiger partial charge in [-0.25, -0.2) is 5.06 Å². The maximum absolute atomic E-state index is 12.4. The van der Waals surface area contributed by atoms with Crippen molar-refractivity contribution in [2.45, 2.75) is 91.1 Å². The van der Waals surface area contributed by atoms with Crippen LogP contribution in [0.3, 0.4) is 0 Å². The molecule has 0 aromatic rings. The standard InChI is InChI=1S/C27H46N2O3.ClH/c1-18(5-10-25(31)29(4)32-16-15-28)22-8-9-23-21-7-6-19-17-20(30)11-13-26(19,2)24(21)12-14-27(22,23)3;/h6,18,20-24,30H,5,7-17,28H2,1-4H3;1H/t18?,20-,21-,22+,23-,24-,26-,27+;/m0./s1. The zero-order valence-corrected chi connectivity index (χ0v) is 22.0. The van der Waals surface area contributed by atoms with Crippen molar-refractivity contribution in [3.63, 3.8) is 0 Å². The molecule has 3 saturated carbocycles. The number of aliphatic hydroxyl groups is 1. The van der Waals surface area contributed by atoms with Gasteiger partial charge in [-0.05, 0) is 98.2 Å². The molecule has 0 aliphatic heterocycles. The molecule has 33 heavy (non-hydrogen) atoms. The molecule has 0 radical (unpaired) electrons. The Bertz CT molecular complexity index is 730. The fraction of sp³-hybridized carbons (Fsp3) is 0.889. The summed E-state index contributed by atoms with van der Waals surface area (Å²) in [6, 6.07) is 0. The van der Waals surface area contributed by atoms with Gasteiger partial charge in [0.15, 0.2) is 0 Å². The van der Waals surface area contributed by atoms with Gasteiger partial charge >= 0.3 is 0 Å². The minimum Gasteiger partial charge on any atom is -0.393 e. The minimum absolute atomic E-state index is 0. The third kappa shape index (κ3) is 4.90. The number of halogens is 1. The molecular weight excluding hydrogens is 436 g/mol. The molecule has 0 saturated heterocycles. The van der Waals surface area contributed by atoms with Crippen LogP contribution in [0, 0.1) is 40.4 Å². The molecule has 5 nitrogen and oxygen atoms in total. The number of allylic oxidation sites excluding steroid dienone is 1. The second-order valence-electron chi connectivity index (χ2n) is 11.9. The Hall–Kier alpha value is -0.620. The normalized spacial score (nSPS) is 40.5. The Labute approximate surface area is 207 Å². The van der Waals surface area contributed by atoms with E-state index in [2.05, 4.69) is 26.8 Å². The Kier molecular flexibility index (Phi) is 8.63. The highest BCUT2D eigenvalue weighted by Crippen LogP contribution is 2.67. The molecule has 0 spiro atoms. The van der Waals surface area contributed by atoms with E-state index in [-0.39, 0.29) is 24.4 Å². The lowest BCUT2D eigenvalue weighted by Gasteiger charge is -2.58. The molecule has 190 valence electrons. The van der Waals surface area contributed by atoms with E-state index in [0.29, 0.717) is 42.2 Å². The van der Waals surface area contributed by atoms with Crippen molar-refractivity contribution < 1.29 is 14.7 Å². The minimum atomic E-state index is -0.126. The summed E-state index contributed by atoms with van der Waals surface area (Å²) >= 11 is 0. The van der Waals surface area contributed by atoms with Gasteiger partial charge in [-0.15, -0.1) is 12.4 Å². The fourth-order valence-corrected chi connectivity index (χ4v) is 8.59. The van der Waals surface area contributed by atoms with Gasteiger partial charge in [-0.1, -0.05) is 32.4 Å². The van der Waals surface area contributed by atoms with Gasteiger partial charge < -0.3 is 10.8 Å². The van der Waals surface area contributed by atoms with Crippen molar-refractivity contribution in [1.82, 2.24) is 5.06 Å². The number of fused-ring (bicyclic) bond motifs is 5. The van der Waals surface area contributed by atoms with Crippen LogP contribution in [0.4, 0.5) is 0 Å². The van der Waals surface area contributed by atoms with Crippen LogP contribution >= 0.6 is 12.4 Å². The highest BCUT2D eigenvalue weighted by molar-refractivity contribution is 5.85. The molecule has 4 rings (SSSR count). The number of rotatable bonds is 7. The lowest BCUT2D eigenvalue weighted by Crippen LogP contribution is -2.50. The second kappa shape index (κ2) is 10.6. The average Bonchev–Trinajstić information content (AvgIpc) is 3.13. The Morgan fingerprint density at radius 3 is 2.73 bits per heavy atom. The van der Waals surface area contributed by atoms with Crippen LogP contribution in [-0.4, -0.2) is 42.4 Å². The highest BCUT2D eigenvalue weighted by atomic mass is 35.5. The van der Waals surface area contributed by atoms with E-state index >= 15 is 0 Å². The number of hydrogen-bond donors (Lipinski definition) is 2. The third-order valence-electron chi connectivity index (χ3n) is 10.4. The third-order valence-corrected chi connectivity index (χ3v) is 10.4. The van der Waals surface area contributed by atoms with E-state index in [9.17, 15) is 9.90 Å². The van der Waals surface area contributed by atoms with Gasteiger partial charge in [0.2, 0.25) is 5.91 Å². The topological polar surface area (TPSA) is 75.8 Å². The van der Waals surface area contributed by atoms with Gasteiger partial charge in [-0.2, -0.15) is 0 Å². The lowest BCUT2D eigenvalue weighted by molar-refractivity contribution is -0.177. The van der Waals surface area contributed by atoms with Crippen LogP contribution in [0.2, 0.25) is 0 Å². The van der Waals surface area contributed by atoms with Crippen molar-refractivity contribution in [1.29, 1.82) is 0 Å². The molecule has 6 heteroatoms. The molecule has 4 aliphatic carbocycles. The smallest absolute Gasteiger partial charge is 0.245 e. The zero-order valence-electron chi connectivity index (χ0n) is 21.2. The summed E-state index contributed by atoms with van der Waals surface area (Å²) in [5.74, 6) is 3.73. The molecule has 0 heterocycles. The molecule has 0 bridgehead atoms. The van der Waals surface area contributed by atoms with Crippen LogP contribution in [0.15, 0.2) is 11.6 Å². The summed E-state index contributed by atoms with van der Waals surface area (Å²) in [6.45, 7) is 8.27. The molecule has 3 fully saturated rings. The van der Waals surface area contributed by atoms with Gasteiger partial charge in [-0.3, -0.25) is 9.63 Å². The average molecular weight is 483 g/mol. The van der Waals surface area contributed by atoms with Gasteiger partial charge in [0.05, 0.1) is 12.7 Å². The van der Waals surface area contributed by atoms with E-state index in [1.165, 1.54) is 37.2 Å². The fourth-order valence-electron chi connectivity index (χ4n) is 8.59. The van der Waals surface area contributed by atoms with E-state index in [1.807, 2.05) is 0 Å². The molecule has 1 amide bonds.